The van der Waals surface area contributed by atoms with Gasteiger partial charge in [0.2, 0.25) is 5.91 Å². The number of imidazole rings is 1. The first-order valence-electron chi connectivity index (χ1n) is 11.2. The number of amides is 1. The number of benzene rings is 1. The Labute approximate surface area is 196 Å². The average Bonchev–Trinajstić information content (AvgIpc) is 3.63. The molecule has 1 aliphatic carbocycles. The van der Waals surface area contributed by atoms with Crippen LogP contribution in [0, 0.1) is 0 Å². The summed E-state index contributed by atoms with van der Waals surface area (Å²) in [7, 11) is 3.24. The number of methoxy groups -OCH3 is 2. The molecule has 1 fully saturated rings. The minimum absolute atomic E-state index is 0.124. The lowest BCUT2D eigenvalue weighted by Gasteiger charge is -2.28. The standard InChI is InChI=1S/C25H27N3O4S/c1-30-22-10-9-17(12-23(22)31-2)21-15-28-19(16-33-25(28)26-21)13-24(29)27(18-6-3-4-7-18)14-20-8-5-11-32-20/h5,8-12,15-16,18H,3-4,6-7,13-14H2,1-2H3. The van der Waals surface area contributed by atoms with E-state index in [9.17, 15) is 4.79 Å². The van der Waals surface area contributed by atoms with Crippen LogP contribution in [0.15, 0.2) is 52.6 Å². The summed E-state index contributed by atoms with van der Waals surface area (Å²) in [6.45, 7) is 0.518. The van der Waals surface area contributed by atoms with E-state index in [1.54, 1.807) is 31.8 Å². The fourth-order valence-corrected chi connectivity index (χ4v) is 5.43. The highest BCUT2D eigenvalue weighted by molar-refractivity contribution is 7.15. The highest BCUT2D eigenvalue weighted by atomic mass is 32.1. The van der Waals surface area contributed by atoms with Gasteiger partial charge in [-0.25, -0.2) is 4.98 Å². The second-order valence-electron chi connectivity index (χ2n) is 8.29. The van der Waals surface area contributed by atoms with Gasteiger partial charge >= 0.3 is 0 Å². The quantitative estimate of drug-likeness (QED) is 0.358. The monoisotopic (exact) mass is 465 g/mol. The van der Waals surface area contributed by atoms with E-state index >= 15 is 0 Å². The Bertz CT molecular complexity index is 1240. The maximum Gasteiger partial charge on any atom is 0.229 e. The molecule has 1 aromatic carbocycles. The molecule has 0 N–H and O–H groups in total. The molecular formula is C25H27N3O4S. The third-order valence-electron chi connectivity index (χ3n) is 6.29. The first-order chi connectivity index (χ1) is 16.2. The third-order valence-corrected chi connectivity index (χ3v) is 7.18. The van der Waals surface area contributed by atoms with Gasteiger partial charge in [0.25, 0.3) is 0 Å². The lowest BCUT2D eigenvalue weighted by atomic mass is 10.1. The van der Waals surface area contributed by atoms with E-state index in [4.69, 9.17) is 18.9 Å². The zero-order valence-corrected chi connectivity index (χ0v) is 19.6. The van der Waals surface area contributed by atoms with Crippen LogP contribution in [0.1, 0.15) is 37.1 Å². The fourth-order valence-electron chi connectivity index (χ4n) is 4.55. The van der Waals surface area contributed by atoms with Crippen molar-refractivity contribution in [2.75, 3.05) is 14.2 Å². The van der Waals surface area contributed by atoms with E-state index in [0.29, 0.717) is 24.5 Å². The van der Waals surface area contributed by atoms with Crippen molar-refractivity contribution in [2.24, 2.45) is 0 Å². The predicted octanol–water partition coefficient (Wildman–Crippen LogP) is 5.19. The molecular weight excluding hydrogens is 438 g/mol. The Hall–Kier alpha value is -3.26. The molecule has 3 aromatic heterocycles. The van der Waals surface area contributed by atoms with Crippen molar-refractivity contribution >= 4 is 22.2 Å². The minimum atomic E-state index is 0.124. The summed E-state index contributed by atoms with van der Waals surface area (Å²) >= 11 is 1.55. The lowest BCUT2D eigenvalue weighted by molar-refractivity contribution is -0.133. The van der Waals surface area contributed by atoms with Crippen LogP contribution in [0.25, 0.3) is 16.2 Å². The molecule has 1 saturated carbocycles. The Morgan fingerprint density at radius 3 is 2.76 bits per heavy atom. The zero-order valence-electron chi connectivity index (χ0n) is 18.8. The van der Waals surface area contributed by atoms with E-state index in [1.807, 2.05) is 51.2 Å². The maximum atomic E-state index is 13.4. The minimum Gasteiger partial charge on any atom is -0.493 e. The van der Waals surface area contributed by atoms with Crippen LogP contribution in [0.2, 0.25) is 0 Å². The van der Waals surface area contributed by atoms with E-state index in [1.165, 1.54) is 12.8 Å². The molecule has 0 bridgehead atoms. The molecule has 7 nitrogen and oxygen atoms in total. The second-order valence-corrected chi connectivity index (χ2v) is 9.13. The van der Waals surface area contributed by atoms with Gasteiger partial charge in [-0.2, -0.15) is 0 Å². The summed E-state index contributed by atoms with van der Waals surface area (Å²) in [5.41, 5.74) is 2.72. The largest absolute Gasteiger partial charge is 0.493 e. The van der Waals surface area contributed by atoms with Crippen LogP contribution < -0.4 is 9.47 Å². The molecule has 8 heteroatoms. The zero-order chi connectivity index (χ0) is 22.8. The van der Waals surface area contributed by atoms with Crippen molar-refractivity contribution in [3.8, 4) is 22.8 Å². The summed E-state index contributed by atoms with van der Waals surface area (Å²) in [5, 5.41) is 2.03. The number of thiazole rings is 1. The van der Waals surface area contributed by atoms with Crippen LogP contribution >= 0.6 is 11.3 Å². The number of hydrogen-bond donors (Lipinski definition) is 0. The molecule has 172 valence electrons. The smallest absolute Gasteiger partial charge is 0.229 e. The van der Waals surface area contributed by atoms with Crippen LogP contribution in [0.4, 0.5) is 0 Å². The van der Waals surface area contributed by atoms with Crippen molar-refractivity contribution in [3.63, 3.8) is 0 Å². The summed E-state index contributed by atoms with van der Waals surface area (Å²) in [4.78, 5) is 21.1. The maximum absolute atomic E-state index is 13.4. The van der Waals surface area contributed by atoms with Crippen molar-refractivity contribution in [2.45, 2.75) is 44.7 Å². The second kappa shape index (κ2) is 9.31. The molecule has 0 atom stereocenters. The number of fused-ring (bicyclic) bond motifs is 1. The van der Waals surface area contributed by atoms with Crippen molar-refractivity contribution in [1.82, 2.24) is 14.3 Å². The van der Waals surface area contributed by atoms with Crippen molar-refractivity contribution in [1.29, 1.82) is 0 Å². The van der Waals surface area contributed by atoms with E-state index in [-0.39, 0.29) is 11.9 Å². The number of rotatable bonds is 8. The number of carbonyl (C=O) groups excluding carboxylic acids is 1. The normalized spacial score (nSPS) is 14.1. The Kier molecular flexibility index (Phi) is 6.09. The fraction of sp³-hybridized carbons (Fsp3) is 0.360. The van der Waals surface area contributed by atoms with Gasteiger partial charge in [0.1, 0.15) is 5.76 Å². The van der Waals surface area contributed by atoms with Gasteiger partial charge in [0, 0.05) is 28.9 Å². The van der Waals surface area contributed by atoms with Crippen LogP contribution in [-0.2, 0) is 17.8 Å². The highest BCUT2D eigenvalue weighted by Crippen LogP contribution is 2.33. The molecule has 1 aliphatic rings. The summed E-state index contributed by atoms with van der Waals surface area (Å²) in [6, 6.07) is 9.84. The van der Waals surface area contributed by atoms with Gasteiger partial charge < -0.3 is 18.8 Å². The highest BCUT2D eigenvalue weighted by Gasteiger charge is 2.28. The first kappa shape index (κ1) is 21.6. The van der Waals surface area contributed by atoms with E-state index in [2.05, 4.69) is 0 Å². The summed E-state index contributed by atoms with van der Waals surface area (Å²) < 4.78 is 18.3. The summed E-state index contributed by atoms with van der Waals surface area (Å²) in [5.74, 6) is 2.28. The van der Waals surface area contributed by atoms with Gasteiger partial charge in [-0.15, -0.1) is 11.3 Å². The van der Waals surface area contributed by atoms with Crippen LogP contribution in [-0.4, -0.2) is 40.5 Å². The molecule has 0 unspecified atom stereocenters. The number of ether oxygens (including phenoxy) is 2. The third kappa shape index (κ3) is 4.35. The molecule has 0 spiro atoms. The molecule has 1 amide bonds. The topological polar surface area (TPSA) is 69.2 Å². The van der Waals surface area contributed by atoms with Crippen molar-refractivity contribution < 1.29 is 18.7 Å². The van der Waals surface area contributed by atoms with Gasteiger partial charge in [0.05, 0.1) is 39.1 Å². The molecule has 33 heavy (non-hydrogen) atoms. The first-order valence-corrected chi connectivity index (χ1v) is 12.0. The predicted molar refractivity (Wildman–Crippen MR) is 127 cm³/mol. The van der Waals surface area contributed by atoms with Gasteiger partial charge in [-0.3, -0.25) is 9.20 Å². The van der Waals surface area contributed by atoms with Gasteiger partial charge in [-0.1, -0.05) is 12.8 Å². The van der Waals surface area contributed by atoms with E-state index in [0.717, 1.165) is 40.5 Å². The number of furan rings is 1. The molecule has 0 saturated heterocycles. The van der Waals surface area contributed by atoms with Crippen LogP contribution in [0.3, 0.4) is 0 Å². The van der Waals surface area contributed by atoms with Gasteiger partial charge in [-0.05, 0) is 43.2 Å². The molecule has 5 rings (SSSR count). The number of hydrogen-bond acceptors (Lipinski definition) is 6. The van der Waals surface area contributed by atoms with E-state index < -0.39 is 0 Å². The summed E-state index contributed by atoms with van der Waals surface area (Å²) in [6.07, 6.45) is 8.44. The molecule has 0 radical (unpaired) electrons. The Balaban J connectivity index is 1.39. The lowest BCUT2D eigenvalue weighted by Crippen LogP contribution is -2.39. The number of nitrogens with zero attached hydrogens (tertiary/aromatic N) is 3. The Morgan fingerprint density at radius 1 is 1.21 bits per heavy atom. The number of carbonyl (C=O) groups is 1. The average molecular weight is 466 g/mol. The van der Waals surface area contributed by atoms with Crippen LogP contribution in [0.5, 0.6) is 11.5 Å². The SMILES string of the molecule is COc1ccc(-c2cn3c(CC(=O)N(Cc4ccco4)C4CCCC4)csc3n2)cc1OC. The molecule has 3 heterocycles. The van der Waals surface area contributed by atoms with Gasteiger partial charge in [0.15, 0.2) is 16.5 Å². The molecule has 4 aromatic rings. The molecule has 0 aliphatic heterocycles. The number of aromatic nitrogens is 2. The Morgan fingerprint density at radius 2 is 2.03 bits per heavy atom. The van der Waals surface area contributed by atoms with Crippen molar-refractivity contribution in [3.05, 3.63) is 59.6 Å².